The predicted molar refractivity (Wildman–Crippen MR) is 92.9 cm³/mol. The third-order valence-electron chi connectivity index (χ3n) is 4.87. The summed E-state index contributed by atoms with van der Waals surface area (Å²) < 4.78 is 0. The van der Waals surface area contributed by atoms with Gasteiger partial charge in [-0.1, -0.05) is 30.3 Å². The molecule has 4 rings (SSSR count). The molecule has 4 nitrogen and oxygen atoms in total. The average molecular weight is 327 g/mol. The minimum Gasteiger partial charge on any atom is -0.316 e. The van der Waals surface area contributed by atoms with Gasteiger partial charge in [-0.2, -0.15) is 0 Å². The van der Waals surface area contributed by atoms with Crippen molar-refractivity contribution in [2.75, 3.05) is 18.4 Å². The maximum absolute atomic E-state index is 12.2. The topological polar surface area (TPSA) is 54.0 Å². The number of rotatable bonds is 3. The molecule has 5 heteroatoms. The highest BCUT2D eigenvalue weighted by atomic mass is 32.1. The Balaban J connectivity index is 1.46. The van der Waals surface area contributed by atoms with Crippen LogP contribution in [0.2, 0.25) is 0 Å². The van der Waals surface area contributed by atoms with E-state index < -0.39 is 0 Å². The summed E-state index contributed by atoms with van der Waals surface area (Å²) in [5.41, 5.74) is 2.59. The number of anilines is 1. The number of thiazole rings is 1. The van der Waals surface area contributed by atoms with E-state index in [0.717, 1.165) is 43.9 Å². The van der Waals surface area contributed by atoms with Gasteiger partial charge in [-0.15, -0.1) is 11.3 Å². The van der Waals surface area contributed by atoms with Crippen LogP contribution in [-0.4, -0.2) is 24.0 Å². The first kappa shape index (κ1) is 14.8. The zero-order chi connectivity index (χ0) is 15.6. The molecule has 2 atom stereocenters. The maximum atomic E-state index is 12.2. The zero-order valence-electron chi connectivity index (χ0n) is 13.0. The molecule has 23 heavy (non-hydrogen) atoms. The highest BCUT2D eigenvalue weighted by Gasteiger charge is 2.26. The molecule has 2 unspecified atom stereocenters. The monoisotopic (exact) mass is 327 g/mol. The first-order valence-electron chi connectivity index (χ1n) is 8.34. The Morgan fingerprint density at radius 3 is 2.91 bits per heavy atom. The summed E-state index contributed by atoms with van der Waals surface area (Å²) in [6, 6.07) is 10.7. The van der Waals surface area contributed by atoms with Crippen LogP contribution in [0, 0.1) is 5.92 Å². The van der Waals surface area contributed by atoms with E-state index >= 15 is 0 Å². The Hall–Kier alpha value is -1.72. The number of benzene rings is 1. The van der Waals surface area contributed by atoms with Gasteiger partial charge >= 0.3 is 0 Å². The zero-order valence-corrected chi connectivity index (χ0v) is 13.9. The van der Waals surface area contributed by atoms with Gasteiger partial charge in [0.2, 0.25) is 5.91 Å². The van der Waals surface area contributed by atoms with E-state index in [1.165, 1.54) is 16.1 Å². The summed E-state index contributed by atoms with van der Waals surface area (Å²) >= 11 is 1.66. The minimum atomic E-state index is 0.0907. The molecular weight excluding hydrogens is 306 g/mol. The van der Waals surface area contributed by atoms with E-state index in [0.29, 0.717) is 5.92 Å². The van der Waals surface area contributed by atoms with Gasteiger partial charge in [0.05, 0.1) is 11.6 Å². The van der Waals surface area contributed by atoms with Crippen LogP contribution in [0.3, 0.4) is 0 Å². The summed E-state index contributed by atoms with van der Waals surface area (Å²) in [7, 11) is 0. The SMILES string of the molecule is O=C(Nc1nc2c(s1)CC(c1ccccc1)CC2)C1CCNC1. The van der Waals surface area contributed by atoms with Crippen molar-refractivity contribution in [3.8, 4) is 0 Å². The van der Waals surface area contributed by atoms with Gasteiger partial charge in [0.15, 0.2) is 5.13 Å². The molecule has 2 aromatic rings. The molecule has 2 heterocycles. The molecule has 1 aromatic carbocycles. The molecule has 1 amide bonds. The second-order valence-corrected chi connectivity index (χ2v) is 7.50. The second-order valence-electron chi connectivity index (χ2n) is 6.42. The Morgan fingerprint density at radius 1 is 1.26 bits per heavy atom. The Labute approximate surface area is 140 Å². The lowest BCUT2D eigenvalue weighted by Gasteiger charge is -2.21. The van der Waals surface area contributed by atoms with Gasteiger partial charge in [-0.05, 0) is 43.7 Å². The third kappa shape index (κ3) is 3.16. The number of carbonyl (C=O) groups excluding carboxylic acids is 1. The number of carbonyl (C=O) groups is 1. The summed E-state index contributed by atoms with van der Waals surface area (Å²) in [5.74, 6) is 0.778. The number of amides is 1. The Kier molecular flexibility index (Phi) is 4.14. The third-order valence-corrected chi connectivity index (χ3v) is 5.91. The summed E-state index contributed by atoms with van der Waals surface area (Å²) in [6.07, 6.45) is 4.11. The first-order valence-corrected chi connectivity index (χ1v) is 9.16. The van der Waals surface area contributed by atoms with Gasteiger partial charge in [0, 0.05) is 11.4 Å². The van der Waals surface area contributed by atoms with E-state index in [9.17, 15) is 4.79 Å². The molecule has 0 spiro atoms. The molecule has 2 aliphatic rings. The largest absolute Gasteiger partial charge is 0.316 e. The van der Waals surface area contributed by atoms with Crippen molar-refractivity contribution in [1.29, 1.82) is 0 Å². The summed E-state index contributed by atoms with van der Waals surface area (Å²) in [4.78, 5) is 18.2. The number of aryl methyl sites for hydroxylation is 1. The van der Waals surface area contributed by atoms with E-state index in [1.807, 2.05) is 0 Å². The van der Waals surface area contributed by atoms with Crippen LogP contribution < -0.4 is 10.6 Å². The number of aromatic nitrogens is 1. The molecule has 0 bridgehead atoms. The van der Waals surface area contributed by atoms with Crippen molar-refractivity contribution in [3.05, 3.63) is 46.5 Å². The standard InChI is InChI=1S/C18H21N3OS/c22-17(14-8-9-19-11-14)21-18-20-15-7-6-13(10-16(15)23-18)12-4-2-1-3-5-12/h1-5,13-14,19H,6-11H2,(H,20,21,22). The minimum absolute atomic E-state index is 0.0907. The molecule has 2 N–H and O–H groups in total. The molecule has 1 fully saturated rings. The number of nitrogens with one attached hydrogen (secondary N) is 2. The number of fused-ring (bicyclic) bond motifs is 1. The fraction of sp³-hybridized carbons (Fsp3) is 0.444. The predicted octanol–water partition coefficient (Wildman–Crippen LogP) is 2.96. The van der Waals surface area contributed by atoms with E-state index in [4.69, 9.17) is 0 Å². The highest BCUT2D eigenvalue weighted by molar-refractivity contribution is 7.15. The van der Waals surface area contributed by atoms with Crippen LogP contribution in [0.4, 0.5) is 5.13 Å². The summed E-state index contributed by atoms with van der Waals surface area (Å²) in [5, 5.41) is 7.04. The van der Waals surface area contributed by atoms with Crippen LogP contribution in [0.15, 0.2) is 30.3 Å². The van der Waals surface area contributed by atoms with Gasteiger partial charge in [-0.25, -0.2) is 4.98 Å². The fourth-order valence-corrected chi connectivity index (χ4v) is 4.61. The molecule has 0 saturated carbocycles. The van der Waals surface area contributed by atoms with E-state index in [1.54, 1.807) is 11.3 Å². The number of nitrogens with zero attached hydrogens (tertiary/aromatic N) is 1. The molecule has 1 aliphatic carbocycles. The second kappa shape index (κ2) is 6.42. The summed E-state index contributed by atoms with van der Waals surface area (Å²) in [6.45, 7) is 1.72. The van der Waals surface area contributed by atoms with E-state index in [-0.39, 0.29) is 11.8 Å². The highest BCUT2D eigenvalue weighted by Crippen LogP contribution is 2.37. The van der Waals surface area contributed by atoms with Crippen LogP contribution in [0.25, 0.3) is 0 Å². The maximum Gasteiger partial charge on any atom is 0.230 e. The number of hydrogen-bond acceptors (Lipinski definition) is 4. The van der Waals surface area contributed by atoms with Crippen molar-refractivity contribution >= 4 is 22.4 Å². The molecule has 1 aliphatic heterocycles. The first-order chi connectivity index (χ1) is 11.3. The fourth-order valence-electron chi connectivity index (χ4n) is 3.52. The molecule has 1 aromatic heterocycles. The molecule has 1 saturated heterocycles. The van der Waals surface area contributed by atoms with Gasteiger partial charge in [0.25, 0.3) is 0 Å². The molecular formula is C18H21N3OS. The van der Waals surface area contributed by atoms with Crippen LogP contribution in [0.1, 0.15) is 34.9 Å². The van der Waals surface area contributed by atoms with Crippen molar-refractivity contribution in [1.82, 2.24) is 10.3 Å². The van der Waals surface area contributed by atoms with Crippen molar-refractivity contribution in [2.24, 2.45) is 5.92 Å². The lowest BCUT2D eigenvalue weighted by molar-refractivity contribution is -0.119. The van der Waals surface area contributed by atoms with Crippen molar-refractivity contribution in [3.63, 3.8) is 0 Å². The quantitative estimate of drug-likeness (QED) is 0.911. The lowest BCUT2D eigenvalue weighted by atomic mass is 9.85. The Morgan fingerprint density at radius 2 is 2.13 bits per heavy atom. The van der Waals surface area contributed by atoms with Crippen LogP contribution >= 0.6 is 11.3 Å². The molecule has 120 valence electrons. The van der Waals surface area contributed by atoms with Crippen LogP contribution in [-0.2, 0) is 17.6 Å². The van der Waals surface area contributed by atoms with Crippen molar-refractivity contribution < 1.29 is 4.79 Å². The smallest absolute Gasteiger partial charge is 0.230 e. The lowest BCUT2D eigenvalue weighted by Crippen LogP contribution is -2.24. The van der Waals surface area contributed by atoms with Gasteiger partial charge in [-0.3, -0.25) is 4.79 Å². The van der Waals surface area contributed by atoms with Crippen LogP contribution in [0.5, 0.6) is 0 Å². The van der Waals surface area contributed by atoms with Gasteiger partial charge < -0.3 is 10.6 Å². The number of hydrogen-bond donors (Lipinski definition) is 2. The molecule has 0 radical (unpaired) electrons. The Bertz CT molecular complexity index is 692. The van der Waals surface area contributed by atoms with Gasteiger partial charge in [0.1, 0.15) is 0 Å². The van der Waals surface area contributed by atoms with E-state index in [2.05, 4.69) is 45.9 Å². The van der Waals surface area contributed by atoms with Crippen molar-refractivity contribution in [2.45, 2.75) is 31.6 Å². The average Bonchev–Trinajstić information content (AvgIpc) is 3.24. The normalized spacial score (nSPS) is 23.5.